The van der Waals surface area contributed by atoms with E-state index in [0.717, 1.165) is 22.4 Å². The fraction of sp³-hybridized carbons (Fsp3) is 0.208. The molecule has 150 valence electrons. The minimum absolute atomic E-state index is 0.241. The van der Waals surface area contributed by atoms with Gasteiger partial charge in [-0.1, -0.05) is 24.3 Å². The molecule has 0 saturated carbocycles. The van der Waals surface area contributed by atoms with Crippen molar-refractivity contribution in [2.45, 2.75) is 26.0 Å². The topological polar surface area (TPSA) is 62.7 Å². The molecule has 6 nitrogen and oxygen atoms in total. The molecule has 2 fully saturated rings. The second kappa shape index (κ2) is 7.07. The van der Waals surface area contributed by atoms with E-state index in [1.54, 1.807) is 17.5 Å². The van der Waals surface area contributed by atoms with Crippen molar-refractivity contribution in [1.29, 1.82) is 0 Å². The normalized spacial score (nSPS) is 23.2. The highest BCUT2D eigenvalue weighted by molar-refractivity contribution is 6.24. The highest BCUT2D eigenvalue weighted by Crippen LogP contribution is 2.47. The van der Waals surface area contributed by atoms with Crippen LogP contribution in [0.5, 0.6) is 0 Å². The molecule has 30 heavy (non-hydrogen) atoms. The Morgan fingerprint density at radius 3 is 2.17 bits per heavy atom. The summed E-state index contributed by atoms with van der Waals surface area (Å²) in [5, 5.41) is 1.69. The van der Waals surface area contributed by atoms with Crippen molar-refractivity contribution in [1.82, 2.24) is 4.98 Å². The van der Waals surface area contributed by atoms with E-state index in [2.05, 4.69) is 4.98 Å². The van der Waals surface area contributed by atoms with Gasteiger partial charge in [-0.15, -0.1) is 0 Å². The van der Waals surface area contributed by atoms with Gasteiger partial charge in [0.2, 0.25) is 5.91 Å². The van der Waals surface area contributed by atoms with Crippen LogP contribution in [0.2, 0.25) is 0 Å². The predicted molar refractivity (Wildman–Crippen MR) is 113 cm³/mol. The van der Waals surface area contributed by atoms with Gasteiger partial charge in [-0.25, -0.2) is 9.96 Å². The number of imide groups is 1. The number of carbonyl (C=O) groups excluding carboxylic acids is 2. The number of benzene rings is 2. The SMILES string of the molecule is Cc1cc(C)cc(N2C(=O)C3ON(c4ccccc4)C(c4ccncc4)C3C2=O)c1. The van der Waals surface area contributed by atoms with E-state index < -0.39 is 18.1 Å². The van der Waals surface area contributed by atoms with Crippen LogP contribution in [0.15, 0.2) is 73.1 Å². The van der Waals surface area contributed by atoms with Crippen LogP contribution >= 0.6 is 0 Å². The maximum atomic E-state index is 13.6. The largest absolute Gasteiger partial charge is 0.273 e. The Hall–Kier alpha value is -3.51. The first-order chi connectivity index (χ1) is 14.5. The summed E-state index contributed by atoms with van der Waals surface area (Å²) >= 11 is 0. The van der Waals surface area contributed by atoms with Crippen molar-refractivity contribution in [3.8, 4) is 0 Å². The summed E-state index contributed by atoms with van der Waals surface area (Å²) in [6.07, 6.45) is 2.51. The number of aromatic nitrogens is 1. The number of fused-ring (bicyclic) bond motifs is 1. The molecule has 3 aromatic rings. The van der Waals surface area contributed by atoms with Crippen molar-refractivity contribution in [2.24, 2.45) is 5.92 Å². The molecule has 2 aliphatic rings. The zero-order valence-corrected chi connectivity index (χ0v) is 16.7. The number of hydrogen-bond acceptors (Lipinski definition) is 5. The van der Waals surface area contributed by atoms with Crippen molar-refractivity contribution in [3.05, 3.63) is 89.7 Å². The van der Waals surface area contributed by atoms with Gasteiger partial charge >= 0.3 is 0 Å². The van der Waals surface area contributed by atoms with Crippen LogP contribution in [-0.2, 0) is 14.4 Å². The highest BCUT2D eigenvalue weighted by Gasteiger charge is 2.60. The van der Waals surface area contributed by atoms with Crippen LogP contribution in [-0.4, -0.2) is 22.9 Å². The molecule has 3 unspecified atom stereocenters. The van der Waals surface area contributed by atoms with E-state index >= 15 is 0 Å². The summed E-state index contributed by atoms with van der Waals surface area (Å²) in [6.45, 7) is 3.91. The van der Waals surface area contributed by atoms with Gasteiger partial charge in [0, 0.05) is 12.4 Å². The number of para-hydroxylation sites is 1. The molecule has 0 radical (unpaired) electrons. The molecule has 5 rings (SSSR count). The second-order valence-electron chi connectivity index (χ2n) is 7.80. The Morgan fingerprint density at radius 2 is 1.50 bits per heavy atom. The zero-order valence-electron chi connectivity index (χ0n) is 16.7. The van der Waals surface area contributed by atoms with Crippen LogP contribution in [0.25, 0.3) is 0 Å². The van der Waals surface area contributed by atoms with Crippen LogP contribution in [0.4, 0.5) is 11.4 Å². The number of carbonyl (C=O) groups is 2. The Morgan fingerprint density at radius 1 is 0.833 bits per heavy atom. The first kappa shape index (κ1) is 18.5. The lowest BCUT2D eigenvalue weighted by Crippen LogP contribution is -2.37. The number of pyridine rings is 1. The lowest BCUT2D eigenvalue weighted by atomic mass is 9.91. The number of aryl methyl sites for hydroxylation is 2. The summed E-state index contributed by atoms with van der Waals surface area (Å²) in [6, 6.07) is 18.6. The number of nitrogens with zero attached hydrogens (tertiary/aromatic N) is 3. The van der Waals surface area contributed by atoms with Crippen molar-refractivity contribution in [3.63, 3.8) is 0 Å². The molecular weight excluding hydrogens is 378 g/mol. The number of amides is 2. The Bertz CT molecular complexity index is 1100. The quantitative estimate of drug-likeness (QED) is 0.628. The predicted octanol–water partition coefficient (Wildman–Crippen LogP) is 3.75. The maximum Gasteiger partial charge on any atom is 0.266 e. The smallest absolute Gasteiger partial charge is 0.266 e. The van der Waals surface area contributed by atoms with Gasteiger partial charge in [0.05, 0.1) is 17.4 Å². The van der Waals surface area contributed by atoms with Crippen LogP contribution in [0.3, 0.4) is 0 Å². The van der Waals surface area contributed by atoms with E-state index in [1.165, 1.54) is 4.90 Å². The number of rotatable bonds is 3. The standard InChI is InChI=1S/C24H21N3O3/c1-15-12-16(2)14-19(13-15)26-23(28)20-21(17-8-10-25-11-9-17)27(30-22(20)24(26)29)18-6-4-3-5-7-18/h3-14,20-22H,1-2H3. The van der Waals surface area contributed by atoms with Crippen molar-refractivity contribution < 1.29 is 14.4 Å². The Balaban J connectivity index is 1.59. The molecule has 2 amide bonds. The summed E-state index contributed by atoms with van der Waals surface area (Å²) < 4.78 is 0. The molecule has 2 aliphatic heterocycles. The highest BCUT2D eigenvalue weighted by atomic mass is 16.7. The fourth-order valence-electron chi connectivity index (χ4n) is 4.45. The lowest BCUT2D eigenvalue weighted by Gasteiger charge is -2.28. The lowest BCUT2D eigenvalue weighted by molar-refractivity contribution is -0.126. The Labute approximate surface area is 174 Å². The summed E-state index contributed by atoms with van der Waals surface area (Å²) in [7, 11) is 0. The van der Waals surface area contributed by atoms with Gasteiger partial charge < -0.3 is 0 Å². The molecule has 0 aliphatic carbocycles. The minimum atomic E-state index is -0.864. The number of anilines is 2. The van der Waals surface area contributed by atoms with Gasteiger partial charge in [0.25, 0.3) is 5.91 Å². The number of hydrogen-bond donors (Lipinski definition) is 0. The first-order valence-corrected chi connectivity index (χ1v) is 9.91. The second-order valence-corrected chi connectivity index (χ2v) is 7.80. The molecule has 6 heteroatoms. The van der Waals surface area contributed by atoms with Gasteiger partial charge in [-0.05, 0) is 66.9 Å². The molecular formula is C24H21N3O3. The summed E-state index contributed by atoms with van der Waals surface area (Å²) in [5.74, 6) is -1.20. The first-order valence-electron chi connectivity index (χ1n) is 9.91. The van der Waals surface area contributed by atoms with Crippen molar-refractivity contribution >= 4 is 23.2 Å². The molecule has 1 aromatic heterocycles. The van der Waals surface area contributed by atoms with Crippen LogP contribution < -0.4 is 9.96 Å². The summed E-state index contributed by atoms with van der Waals surface area (Å²) in [5.41, 5.74) is 4.28. The van der Waals surface area contributed by atoms with Gasteiger partial charge in [-0.3, -0.25) is 19.4 Å². The van der Waals surface area contributed by atoms with E-state index in [0.29, 0.717) is 5.69 Å². The van der Waals surface area contributed by atoms with Gasteiger partial charge in [0.15, 0.2) is 6.10 Å². The third kappa shape index (κ3) is 2.88. The molecule has 2 aromatic carbocycles. The van der Waals surface area contributed by atoms with Gasteiger partial charge in [0.1, 0.15) is 5.92 Å². The zero-order chi connectivity index (χ0) is 20.8. The third-order valence-electron chi connectivity index (χ3n) is 5.64. The summed E-state index contributed by atoms with van der Waals surface area (Å²) in [4.78, 5) is 38.4. The van der Waals surface area contributed by atoms with Gasteiger partial charge in [-0.2, -0.15) is 0 Å². The Kier molecular flexibility index (Phi) is 4.37. The van der Waals surface area contributed by atoms with E-state index in [-0.39, 0.29) is 11.8 Å². The van der Waals surface area contributed by atoms with E-state index in [9.17, 15) is 9.59 Å². The van der Waals surface area contributed by atoms with E-state index in [4.69, 9.17) is 4.84 Å². The minimum Gasteiger partial charge on any atom is -0.273 e. The molecule has 0 N–H and O–H groups in total. The van der Waals surface area contributed by atoms with Crippen LogP contribution in [0.1, 0.15) is 22.7 Å². The molecule has 0 bridgehead atoms. The molecule has 2 saturated heterocycles. The molecule has 3 heterocycles. The van der Waals surface area contributed by atoms with E-state index in [1.807, 2.05) is 74.5 Å². The maximum absolute atomic E-state index is 13.6. The molecule has 3 atom stereocenters. The average Bonchev–Trinajstić information content (AvgIpc) is 3.25. The van der Waals surface area contributed by atoms with Crippen LogP contribution in [0, 0.1) is 19.8 Å². The fourth-order valence-corrected chi connectivity index (χ4v) is 4.45. The number of hydroxylamine groups is 1. The molecule has 0 spiro atoms. The monoisotopic (exact) mass is 399 g/mol. The third-order valence-corrected chi connectivity index (χ3v) is 5.64. The average molecular weight is 399 g/mol. The van der Waals surface area contributed by atoms with Crippen molar-refractivity contribution in [2.75, 3.05) is 9.96 Å².